The van der Waals surface area contributed by atoms with E-state index in [9.17, 15) is 0 Å². The topological polar surface area (TPSA) is 17.0 Å². The van der Waals surface area contributed by atoms with Crippen molar-refractivity contribution in [2.45, 2.75) is 26.7 Å². The minimum atomic E-state index is -0.666. The first-order valence-corrected chi connectivity index (χ1v) is 9.69. The Morgan fingerprint density at radius 2 is 1.61 bits per heavy atom. The second-order valence-electron chi connectivity index (χ2n) is 7.76. The van der Waals surface area contributed by atoms with E-state index in [2.05, 4.69) is 61.0 Å². The summed E-state index contributed by atoms with van der Waals surface area (Å²) in [6, 6.07) is 21.0. The molecule has 5 aromatic rings. The Balaban J connectivity index is 2.01. The predicted octanol–water partition coefficient (Wildman–Crippen LogP) is 6.66. The van der Waals surface area contributed by atoms with Crippen molar-refractivity contribution < 1.29 is 10.4 Å². The summed E-state index contributed by atoms with van der Waals surface area (Å²) in [6.07, 6.45) is 2.05. The van der Waals surface area contributed by atoms with Gasteiger partial charge in [-0.25, -0.2) is 4.57 Å². The van der Waals surface area contributed by atoms with E-state index in [0.29, 0.717) is 0 Å². The molecule has 0 spiro atoms. The maximum atomic E-state index is 8.51. The number of hydrogen-bond donors (Lipinski definition) is 0. The molecule has 0 aliphatic heterocycles. The molecule has 0 aliphatic rings. The Morgan fingerprint density at radius 3 is 2.36 bits per heavy atom. The lowest BCUT2D eigenvalue weighted by Gasteiger charge is -2.12. The van der Waals surface area contributed by atoms with E-state index < -0.39 is 5.89 Å². The lowest BCUT2D eigenvalue weighted by molar-refractivity contribution is -0.660. The van der Waals surface area contributed by atoms with Crippen molar-refractivity contribution in [2.75, 3.05) is 0 Å². The first-order valence-electron chi connectivity index (χ1n) is 10.2. The van der Waals surface area contributed by atoms with Crippen LogP contribution in [0.25, 0.3) is 44.0 Å². The Bertz CT molecular complexity index is 1410. The molecule has 5 rings (SSSR count). The van der Waals surface area contributed by atoms with E-state index in [1.165, 1.54) is 16.3 Å². The number of aryl methyl sites for hydroxylation is 2. The third kappa shape index (κ3) is 2.37. The maximum Gasteiger partial charge on any atom is 0.216 e. The minimum absolute atomic E-state index is 0.666. The third-order valence-corrected chi connectivity index (χ3v) is 5.78. The number of hydrogen-bond acceptors (Lipinski definition) is 1. The molecule has 0 atom stereocenters. The normalized spacial score (nSPS) is 12.8. The molecule has 28 heavy (non-hydrogen) atoms. The van der Waals surface area contributed by atoms with Gasteiger partial charge in [0.1, 0.15) is 18.2 Å². The summed E-state index contributed by atoms with van der Waals surface area (Å²) in [5, 5.41) is 4.75. The van der Waals surface area contributed by atoms with Crippen LogP contribution in [-0.2, 0) is 7.05 Å². The molecular weight excluding hydrogens is 342 g/mol. The predicted molar refractivity (Wildman–Crippen MR) is 117 cm³/mol. The maximum absolute atomic E-state index is 8.51. The van der Waals surface area contributed by atoms with Crippen molar-refractivity contribution in [3.63, 3.8) is 0 Å². The SMILES string of the molecule is [2H]C(C)(C)c1cc[n+](C)c(-c2c(C)c3ccccc3c3c2oc2ccccc23)c1. The number of aromatic nitrogens is 1. The van der Waals surface area contributed by atoms with Crippen LogP contribution in [0.3, 0.4) is 0 Å². The van der Waals surface area contributed by atoms with Gasteiger partial charge in [0.2, 0.25) is 5.69 Å². The highest BCUT2D eigenvalue weighted by Crippen LogP contribution is 2.42. The lowest BCUT2D eigenvalue weighted by atomic mass is 9.92. The summed E-state index contributed by atoms with van der Waals surface area (Å²) in [5.74, 6) is -0.666. The molecule has 2 nitrogen and oxygen atoms in total. The van der Waals surface area contributed by atoms with Crippen molar-refractivity contribution in [3.05, 3.63) is 78.0 Å². The van der Waals surface area contributed by atoms with Crippen LogP contribution in [0.4, 0.5) is 0 Å². The Morgan fingerprint density at radius 1 is 0.929 bits per heavy atom. The highest BCUT2D eigenvalue weighted by Gasteiger charge is 2.24. The van der Waals surface area contributed by atoms with E-state index in [1.807, 2.05) is 38.2 Å². The molecular formula is C26H24NO+. The molecule has 0 amide bonds. The molecule has 0 bridgehead atoms. The van der Waals surface area contributed by atoms with Gasteiger partial charge < -0.3 is 4.42 Å². The fraction of sp³-hybridized carbons (Fsp3) is 0.192. The van der Waals surface area contributed by atoms with Crippen LogP contribution in [0.1, 0.15) is 32.2 Å². The van der Waals surface area contributed by atoms with Crippen molar-refractivity contribution in [3.8, 4) is 11.3 Å². The zero-order valence-electron chi connectivity index (χ0n) is 17.7. The van der Waals surface area contributed by atoms with Crippen LogP contribution >= 0.6 is 0 Å². The van der Waals surface area contributed by atoms with Crippen molar-refractivity contribution in [1.82, 2.24) is 0 Å². The van der Waals surface area contributed by atoms with Crippen molar-refractivity contribution in [1.29, 1.82) is 0 Å². The first-order chi connectivity index (χ1) is 13.9. The monoisotopic (exact) mass is 367 g/mol. The van der Waals surface area contributed by atoms with E-state index in [4.69, 9.17) is 5.79 Å². The van der Waals surface area contributed by atoms with Crippen molar-refractivity contribution >= 4 is 32.7 Å². The average molecular weight is 367 g/mol. The highest BCUT2D eigenvalue weighted by molar-refractivity contribution is 6.23. The van der Waals surface area contributed by atoms with E-state index >= 15 is 0 Å². The van der Waals surface area contributed by atoms with Crippen LogP contribution < -0.4 is 4.57 Å². The summed E-state index contributed by atoms with van der Waals surface area (Å²) in [4.78, 5) is 0. The Kier molecular flexibility index (Phi) is 3.52. The highest BCUT2D eigenvalue weighted by atomic mass is 16.3. The molecule has 2 heterocycles. The zero-order chi connectivity index (χ0) is 20.3. The zero-order valence-corrected chi connectivity index (χ0v) is 16.7. The second kappa shape index (κ2) is 6.20. The Hall–Kier alpha value is -3.13. The summed E-state index contributed by atoms with van der Waals surface area (Å²) in [5.41, 5.74) is 6.17. The molecule has 138 valence electrons. The van der Waals surface area contributed by atoms with E-state index in [0.717, 1.165) is 38.8 Å². The molecule has 0 radical (unpaired) electrons. The fourth-order valence-corrected chi connectivity index (χ4v) is 4.26. The fourth-order valence-electron chi connectivity index (χ4n) is 4.26. The molecule has 0 saturated heterocycles. The number of nitrogens with zero attached hydrogens (tertiary/aromatic N) is 1. The lowest BCUT2D eigenvalue weighted by Crippen LogP contribution is -2.31. The summed E-state index contributed by atoms with van der Waals surface area (Å²) < 4.78 is 17.1. The van der Waals surface area contributed by atoms with Gasteiger partial charge in [0.15, 0.2) is 6.20 Å². The van der Waals surface area contributed by atoms with Crippen molar-refractivity contribution in [2.24, 2.45) is 7.05 Å². The van der Waals surface area contributed by atoms with Gasteiger partial charge >= 0.3 is 0 Å². The van der Waals surface area contributed by atoms with Crippen LogP contribution in [0, 0.1) is 6.92 Å². The molecule has 3 aromatic carbocycles. The summed E-state index contributed by atoms with van der Waals surface area (Å²) in [6.45, 7) is 6.02. The molecule has 0 saturated carbocycles. The molecule has 0 unspecified atom stereocenters. The molecule has 0 fully saturated rings. The third-order valence-electron chi connectivity index (χ3n) is 5.78. The van der Waals surface area contributed by atoms with Gasteiger partial charge in [0.05, 0.1) is 5.56 Å². The van der Waals surface area contributed by atoms with Gasteiger partial charge in [0, 0.05) is 24.3 Å². The van der Waals surface area contributed by atoms with E-state index in [-0.39, 0.29) is 0 Å². The number of benzene rings is 3. The molecule has 0 aliphatic carbocycles. The van der Waals surface area contributed by atoms with E-state index in [1.54, 1.807) is 0 Å². The molecule has 0 N–H and O–H groups in total. The van der Waals surface area contributed by atoms with Crippen LogP contribution in [-0.4, -0.2) is 0 Å². The number of para-hydroxylation sites is 1. The van der Waals surface area contributed by atoms with Gasteiger partial charge in [-0.15, -0.1) is 0 Å². The molecule has 2 aromatic heterocycles. The van der Waals surface area contributed by atoms with Gasteiger partial charge in [-0.2, -0.15) is 0 Å². The van der Waals surface area contributed by atoms with Crippen LogP contribution in [0.5, 0.6) is 0 Å². The number of furan rings is 1. The van der Waals surface area contributed by atoms with Gasteiger partial charge in [-0.05, 0) is 40.8 Å². The van der Waals surface area contributed by atoms with Gasteiger partial charge in [-0.3, -0.25) is 0 Å². The standard InChI is InChI=1S/C26H24NO/c1-16(2)18-13-14-27(4)22(15-18)24-17(3)19-9-5-6-10-20(19)25-21-11-7-8-12-23(21)28-26(24)25/h5-16H,1-4H3/q+1/i16D. The number of fused-ring (bicyclic) bond motifs is 5. The second-order valence-corrected chi connectivity index (χ2v) is 7.76. The summed E-state index contributed by atoms with van der Waals surface area (Å²) >= 11 is 0. The van der Waals surface area contributed by atoms with Gasteiger partial charge in [0.25, 0.3) is 0 Å². The smallest absolute Gasteiger partial charge is 0.216 e. The minimum Gasteiger partial charge on any atom is -0.455 e. The van der Waals surface area contributed by atoms with Gasteiger partial charge in [-0.1, -0.05) is 56.3 Å². The van der Waals surface area contributed by atoms with Crippen LogP contribution in [0.15, 0.2) is 71.3 Å². The molecule has 2 heteroatoms. The number of pyridine rings is 1. The quantitative estimate of drug-likeness (QED) is 0.319. The first kappa shape index (κ1) is 15.9. The average Bonchev–Trinajstić information content (AvgIpc) is 3.08. The largest absolute Gasteiger partial charge is 0.455 e. The Labute approximate surface area is 166 Å². The number of rotatable bonds is 2. The van der Waals surface area contributed by atoms with Crippen LogP contribution in [0.2, 0.25) is 0 Å². The summed E-state index contributed by atoms with van der Waals surface area (Å²) in [7, 11) is 2.05.